The Bertz CT molecular complexity index is 517. The smallest absolute Gasteiger partial charge is 0.253 e. The Kier molecular flexibility index (Phi) is 4.23. The Morgan fingerprint density at radius 2 is 1.26 bits per heavy atom. The molecule has 0 bridgehead atoms. The Labute approximate surface area is 117 Å². The summed E-state index contributed by atoms with van der Waals surface area (Å²) < 4.78 is 6.30. The van der Waals surface area contributed by atoms with Crippen molar-refractivity contribution in [2.75, 3.05) is 6.61 Å². The molecule has 19 heavy (non-hydrogen) atoms. The molecular formula is C17H22OSi. The van der Waals surface area contributed by atoms with Crippen LogP contribution in [-0.4, -0.2) is 14.9 Å². The number of hydrogen-bond donors (Lipinski definition) is 0. The highest BCUT2D eigenvalue weighted by Crippen LogP contribution is 2.12. The first-order valence-electron chi connectivity index (χ1n) is 6.85. The van der Waals surface area contributed by atoms with E-state index in [-0.39, 0.29) is 0 Å². The highest BCUT2D eigenvalue weighted by atomic mass is 28.4. The fourth-order valence-electron chi connectivity index (χ4n) is 2.81. The van der Waals surface area contributed by atoms with Crippen molar-refractivity contribution in [1.29, 1.82) is 0 Å². The zero-order chi connectivity index (χ0) is 13.9. The van der Waals surface area contributed by atoms with Crippen molar-refractivity contribution >= 4 is 18.7 Å². The van der Waals surface area contributed by atoms with E-state index in [1.807, 2.05) is 0 Å². The van der Waals surface area contributed by atoms with E-state index in [9.17, 15) is 0 Å². The van der Waals surface area contributed by atoms with Crippen LogP contribution in [0, 0.1) is 13.8 Å². The summed E-state index contributed by atoms with van der Waals surface area (Å²) in [6, 6.07) is 17.2. The van der Waals surface area contributed by atoms with E-state index < -0.39 is 8.32 Å². The van der Waals surface area contributed by atoms with E-state index in [0.717, 1.165) is 6.61 Å². The minimum absolute atomic E-state index is 0.755. The van der Waals surface area contributed by atoms with Gasteiger partial charge in [-0.15, -0.1) is 0 Å². The number of aryl methyl sites for hydroxylation is 2. The maximum Gasteiger partial charge on any atom is 0.253 e. The highest BCUT2D eigenvalue weighted by molar-refractivity contribution is 6.97. The molecule has 0 unspecified atom stereocenters. The SMILES string of the molecule is CCO[Si](C)(c1ccccc1C)c1ccccc1C. The molecule has 2 rings (SSSR count). The van der Waals surface area contributed by atoms with Crippen molar-refractivity contribution in [2.24, 2.45) is 0 Å². The molecule has 2 aromatic carbocycles. The van der Waals surface area contributed by atoms with Gasteiger partial charge in [-0.3, -0.25) is 0 Å². The minimum Gasteiger partial charge on any atom is -0.408 e. The van der Waals surface area contributed by atoms with E-state index in [0.29, 0.717) is 0 Å². The molecule has 2 heteroatoms. The summed E-state index contributed by atoms with van der Waals surface area (Å²) in [5.41, 5.74) is 2.65. The van der Waals surface area contributed by atoms with Gasteiger partial charge in [0.05, 0.1) is 0 Å². The lowest BCUT2D eigenvalue weighted by atomic mass is 10.2. The highest BCUT2D eigenvalue weighted by Gasteiger charge is 2.35. The van der Waals surface area contributed by atoms with E-state index in [4.69, 9.17) is 4.43 Å². The average molecular weight is 270 g/mol. The molecule has 0 N–H and O–H groups in total. The van der Waals surface area contributed by atoms with Gasteiger partial charge in [-0.05, 0) is 48.8 Å². The fourth-order valence-corrected chi connectivity index (χ4v) is 6.48. The van der Waals surface area contributed by atoms with Gasteiger partial charge in [0.25, 0.3) is 8.32 Å². The lowest BCUT2D eigenvalue weighted by Crippen LogP contribution is -2.60. The molecule has 0 saturated heterocycles. The van der Waals surface area contributed by atoms with Crippen molar-refractivity contribution in [1.82, 2.24) is 0 Å². The van der Waals surface area contributed by atoms with Crippen LogP contribution >= 0.6 is 0 Å². The van der Waals surface area contributed by atoms with Gasteiger partial charge in [-0.1, -0.05) is 48.5 Å². The molecule has 0 aliphatic heterocycles. The summed E-state index contributed by atoms with van der Waals surface area (Å²) in [4.78, 5) is 0. The maximum atomic E-state index is 6.30. The van der Waals surface area contributed by atoms with Crippen LogP contribution in [-0.2, 0) is 4.43 Å². The fraction of sp³-hybridized carbons (Fsp3) is 0.294. The predicted molar refractivity (Wildman–Crippen MR) is 84.9 cm³/mol. The molecule has 0 radical (unpaired) electrons. The second kappa shape index (κ2) is 5.72. The Morgan fingerprint density at radius 1 is 0.842 bits per heavy atom. The first-order chi connectivity index (χ1) is 9.09. The Hall–Kier alpha value is -1.38. The molecule has 0 saturated carbocycles. The summed E-state index contributed by atoms with van der Waals surface area (Å²) in [7, 11) is -2.09. The molecule has 0 aromatic heterocycles. The maximum absolute atomic E-state index is 6.30. The minimum atomic E-state index is -2.09. The van der Waals surface area contributed by atoms with Gasteiger partial charge in [0.2, 0.25) is 0 Å². The first-order valence-corrected chi connectivity index (χ1v) is 9.26. The largest absolute Gasteiger partial charge is 0.408 e. The van der Waals surface area contributed by atoms with Crippen LogP contribution in [0.5, 0.6) is 0 Å². The third-order valence-corrected chi connectivity index (χ3v) is 7.79. The summed E-state index contributed by atoms with van der Waals surface area (Å²) in [5.74, 6) is 0. The average Bonchev–Trinajstić information content (AvgIpc) is 2.39. The van der Waals surface area contributed by atoms with Crippen LogP contribution in [0.15, 0.2) is 48.5 Å². The Balaban J connectivity index is 2.62. The third kappa shape index (κ3) is 2.65. The predicted octanol–water partition coefficient (Wildman–Crippen LogP) is 3.03. The topological polar surface area (TPSA) is 9.23 Å². The standard InChI is InChI=1S/C17H22OSi/c1-5-18-19(4,16-12-8-6-10-14(16)2)17-13-9-7-11-15(17)3/h6-13H,5H2,1-4H3. The molecule has 2 aromatic rings. The van der Waals surface area contributed by atoms with E-state index in [2.05, 4.69) is 75.8 Å². The summed E-state index contributed by atoms with van der Waals surface area (Å²) in [5, 5.41) is 2.76. The second-order valence-corrected chi connectivity index (χ2v) is 8.53. The molecule has 1 nitrogen and oxygen atoms in total. The van der Waals surface area contributed by atoms with Crippen LogP contribution in [0.4, 0.5) is 0 Å². The van der Waals surface area contributed by atoms with Gasteiger partial charge in [0, 0.05) is 6.61 Å². The first kappa shape index (κ1) is 14.0. The lowest BCUT2D eigenvalue weighted by molar-refractivity contribution is 0.343. The van der Waals surface area contributed by atoms with Gasteiger partial charge in [0.15, 0.2) is 0 Å². The van der Waals surface area contributed by atoms with E-state index >= 15 is 0 Å². The molecule has 0 aliphatic carbocycles. The van der Waals surface area contributed by atoms with E-state index in [1.54, 1.807) is 0 Å². The molecule has 0 aliphatic rings. The van der Waals surface area contributed by atoms with Gasteiger partial charge < -0.3 is 4.43 Å². The Morgan fingerprint density at radius 3 is 1.63 bits per heavy atom. The van der Waals surface area contributed by atoms with Crippen molar-refractivity contribution in [3.8, 4) is 0 Å². The second-order valence-electron chi connectivity index (χ2n) is 5.10. The summed E-state index contributed by atoms with van der Waals surface area (Å²) in [6.07, 6.45) is 0. The van der Waals surface area contributed by atoms with Crippen LogP contribution in [0.25, 0.3) is 0 Å². The lowest BCUT2D eigenvalue weighted by Gasteiger charge is -2.30. The summed E-state index contributed by atoms with van der Waals surface area (Å²) >= 11 is 0. The van der Waals surface area contributed by atoms with E-state index in [1.165, 1.54) is 21.5 Å². The van der Waals surface area contributed by atoms with Crippen LogP contribution in [0.2, 0.25) is 6.55 Å². The number of hydrogen-bond acceptors (Lipinski definition) is 1. The van der Waals surface area contributed by atoms with Crippen LogP contribution in [0.3, 0.4) is 0 Å². The molecule has 0 spiro atoms. The van der Waals surface area contributed by atoms with Gasteiger partial charge >= 0.3 is 0 Å². The van der Waals surface area contributed by atoms with Gasteiger partial charge in [-0.2, -0.15) is 0 Å². The normalized spacial score (nSPS) is 11.6. The van der Waals surface area contributed by atoms with Crippen molar-refractivity contribution < 1.29 is 4.43 Å². The van der Waals surface area contributed by atoms with Crippen LogP contribution in [0.1, 0.15) is 18.1 Å². The molecule has 0 amide bonds. The quantitative estimate of drug-likeness (QED) is 0.776. The van der Waals surface area contributed by atoms with Crippen molar-refractivity contribution in [2.45, 2.75) is 27.3 Å². The monoisotopic (exact) mass is 270 g/mol. The summed E-state index contributed by atoms with van der Waals surface area (Å²) in [6.45, 7) is 9.50. The molecule has 0 heterocycles. The molecular weight excluding hydrogens is 248 g/mol. The van der Waals surface area contributed by atoms with Gasteiger partial charge in [-0.25, -0.2) is 0 Å². The number of benzene rings is 2. The zero-order valence-electron chi connectivity index (χ0n) is 12.2. The molecule has 100 valence electrons. The van der Waals surface area contributed by atoms with Gasteiger partial charge in [0.1, 0.15) is 0 Å². The molecule has 0 fully saturated rings. The third-order valence-electron chi connectivity index (χ3n) is 3.75. The van der Waals surface area contributed by atoms with Crippen molar-refractivity contribution in [3.05, 3.63) is 59.7 Å². The molecule has 0 atom stereocenters. The van der Waals surface area contributed by atoms with Crippen molar-refractivity contribution in [3.63, 3.8) is 0 Å². The van der Waals surface area contributed by atoms with Crippen LogP contribution < -0.4 is 10.4 Å². The zero-order valence-corrected chi connectivity index (χ0v) is 13.2. The number of rotatable bonds is 4.